The third kappa shape index (κ3) is 6.29. The highest BCUT2D eigenvalue weighted by molar-refractivity contribution is 5.85. The van der Waals surface area contributed by atoms with Gasteiger partial charge in [-0.25, -0.2) is 0 Å². The van der Waals surface area contributed by atoms with Gasteiger partial charge in [-0.2, -0.15) is 0 Å². The van der Waals surface area contributed by atoms with Gasteiger partial charge < -0.3 is 10.4 Å². The Morgan fingerprint density at radius 3 is 2.50 bits per heavy atom. The zero-order chi connectivity index (χ0) is 17.6. The van der Waals surface area contributed by atoms with Crippen LogP contribution in [0.25, 0.3) is 0 Å². The molecule has 1 heterocycles. The summed E-state index contributed by atoms with van der Waals surface area (Å²) in [6.07, 6.45) is 5.90. The number of likely N-dealkylation sites (tertiary alicyclic amines) is 1. The van der Waals surface area contributed by atoms with Gasteiger partial charge in [0.1, 0.15) is 0 Å². The van der Waals surface area contributed by atoms with E-state index in [1.54, 1.807) is 0 Å². The van der Waals surface area contributed by atoms with Crippen molar-refractivity contribution in [2.75, 3.05) is 19.6 Å². The van der Waals surface area contributed by atoms with E-state index in [9.17, 15) is 9.59 Å². The van der Waals surface area contributed by atoms with E-state index >= 15 is 0 Å². The molecule has 5 nitrogen and oxygen atoms in total. The zero-order valence-electron chi connectivity index (χ0n) is 15.1. The molecule has 1 saturated carbocycles. The Morgan fingerprint density at radius 2 is 1.85 bits per heavy atom. The van der Waals surface area contributed by atoms with E-state index in [-0.39, 0.29) is 30.9 Å². The van der Waals surface area contributed by atoms with Gasteiger partial charge >= 0.3 is 5.97 Å². The number of carbonyl (C=O) groups excluding carboxylic acids is 1. The lowest BCUT2D eigenvalue weighted by Crippen LogP contribution is -2.41. The van der Waals surface area contributed by atoms with E-state index in [1.165, 1.54) is 18.4 Å². The van der Waals surface area contributed by atoms with Crippen LogP contribution < -0.4 is 5.32 Å². The first-order valence-corrected chi connectivity index (χ1v) is 9.39. The number of hydrogen-bond acceptors (Lipinski definition) is 3. The number of carbonyl (C=O) groups is 2. The Hall–Kier alpha value is -1.59. The third-order valence-electron chi connectivity index (χ3n) is 5.34. The molecule has 0 radical (unpaired) electrons. The second kappa shape index (κ2) is 9.93. The fourth-order valence-corrected chi connectivity index (χ4v) is 3.93. The van der Waals surface area contributed by atoms with Gasteiger partial charge in [-0.3, -0.25) is 14.5 Å². The van der Waals surface area contributed by atoms with Crippen molar-refractivity contribution >= 4 is 24.3 Å². The van der Waals surface area contributed by atoms with Crippen molar-refractivity contribution < 1.29 is 14.7 Å². The predicted octanol–water partition coefficient (Wildman–Crippen LogP) is 2.73. The number of rotatable bonds is 9. The van der Waals surface area contributed by atoms with Crippen LogP contribution in [0.1, 0.15) is 37.7 Å². The second-order valence-corrected chi connectivity index (χ2v) is 7.46. The quantitative estimate of drug-likeness (QED) is 0.646. The first-order valence-electron chi connectivity index (χ1n) is 9.39. The zero-order valence-corrected chi connectivity index (χ0v) is 15.9. The number of hydrogen-bond donors (Lipinski definition) is 2. The summed E-state index contributed by atoms with van der Waals surface area (Å²) in [5, 5.41) is 12.2. The number of amides is 1. The summed E-state index contributed by atoms with van der Waals surface area (Å²) >= 11 is 0. The molecule has 1 aromatic rings. The minimum atomic E-state index is -0.789. The number of carboxylic acids is 1. The maximum absolute atomic E-state index is 12.3. The van der Waals surface area contributed by atoms with Crippen molar-refractivity contribution in [3.63, 3.8) is 0 Å². The van der Waals surface area contributed by atoms with E-state index in [4.69, 9.17) is 5.11 Å². The third-order valence-corrected chi connectivity index (χ3v) is 5.34. The molecule has 1 amide bonds. The number of nitrogens with zero attached hydrogens (tertiary/aromatic N) is 1. The largest absolute Gasteiger partial charge is 0.480 e. The normalized spacial score (nSPS) is 22.6. The lowest BCUT2D eigenvalue weighted by Gasteiger charge is -2.19. The molecule has 6 heteroatoms. The standard InChI is InChI=1S/C20H28N2O3.ClH/c23-19(9-5-4-8-15-6-2-1-3-7-15)21-18-13-22(14-20(24)25)12-17(18)16-10-11-16;/h1-3,6-7,16-18H,4-5,8-14H2,(H,21,23)(H,24,25);1H/t17-,18+;/m1./s1. The highest BCUT2D eigenvalue weighted by Gasteiger charge is 2.43. The lowest BCUT2D eigenvalue weighted by molar-refractivity contribution is -0.138. The van der Waals surface area contributed by atoms with Crippen molar-refractivity contribution in [1.82, 2.24) is 10.2 Å². The van der Waals surface area contributed by atoms with Gasteiger partial charge in [-0.15, -0.1) is 12.4 Å². The summed E-state index contributed by atoms with van der Waals surface area (Å²) in [6, 6.07) is 10.5. The minimum Gasteiger partial charge on any atom is -0.480 e. The summed E-state index contributed by atoms with van der Waals surface area (Å²) in [7, 11) is 0. The van der Waals surface area contributed by atoms with Gasteiger partial charge in [-0.1, -0.05) is 30.3 Å². The Labute approximate surface area is 161 Å². The Kier molecular flexibility index (Phi) is 7.91. The average molecular weight is 381 g/mol. The maximum atomic E-state index is 12.3. The van der Waals surface area contributed by atoms with Crippen molar-refractivity contribution in [3.05, 3.63) is 35.9 Å². The van der Waals surface area contributed by atoms with Crippen LogP contribution in [0.3, 0.4) is 0 Å². The molecule has 1 aromatic carbocycles. The molecule has 0 spiro atoms. The SMILES string of the molecule is Cl.O=C(O)CN1C[C@H](NC(=O)CCCCc2ccccc2)[C@@H](C2CC2)C1. The van der Waals surface area contributed by atoms with Gasteiger partial charge in [-0.05, 0) is 49.5 Å². The number of nitrogens with one attached hydrogen (secondary N) is 1. The summed E-state index contributed by atoms with van der Waals surface area (Å²) in [5.74, 6) is 0.415. The van der Waals surface area contributed by atoms with Gasteiger partial charge in [0.15, 0.2) is 0 Å². The van der Waals surface area contributed by atoms with Crippen LogP contribution >= 0.6 is 12.4 Å². The van der Waals surface area contributed by atoms with Crippen LogP contribution in [0, 0.1) is 11.8 Å². The fraction of sp³-hybridized carbons (Fsp3) is 0.600. The summed E-state index contributed by atoms with van der Waals surface area (Å²) in [4.78, 5) is 25.2. The van der Waals surface area contributed by atoms with Crippen LogP contribution in [0.15, 0.2) is 30.3 Å². The second-order valence-electron chi connectivity index (χ2n) is 7.46. The van der Waals surface area contributed by atoms with Crippen LogP contribution in [-0.2, 0) is 16.0 Å². The first kappa shape index (κ1) is 20.7. The molecule has 0 aromatic heterocycles. The van der Waals surface area contributed by atoms with E-state index in [0.29, 0.717) is 24.8 Å². The van der Waals surface area contributed by atoms with E-state index < -0.39 is 5.97 Å². The molecule has 1 aliphatic heterocycles. The number of unbranched alkanes of at least 4 members (excludes halogenated alkanes) is 1. The summed E-state index contributed by atoms with van der Waals surface area (Å²) in [5.41, 5.74) is 1.32. The number of carboxylic acid groups (broad SMARTS) is 1. The van der Waals surface area contributed by atoms with E-state index in [1.807, 2.05) is 23.1 Å². The monoisotopic (exact) mass is 380 g/mol. The van der Waals surface area contributed by atoms with Crippen LogP contribution in [0.2, 0.25) is 0 Å². The molecular weight excluding hydrogens is 352 g/mol. The molecule has 0 unspecified atom stereocenters. The Morgan fingerprint density at radius 1 is 1.12 bits per heavy atom. The molecule has 1 aliphatic carbocycles. The van der Waals surface area contributed by atoms with Crippen molar-refractivity contribution in [1.29, 1.82) is 0 Å². The van der Waals surface area contributed by atoms with Crippen LogP contribution in [0.4, 0.5) is 0 Å². The smallest absolute Gasteiger partial charge is 0.317 e. The van der Waals surface area contributed by atoms with Gasteiger partial charge in [0, 0.05) is 25.6 Å². The number of halogens is 1. The number of aliphatic carboxylic acids is 1. The van der Waals surface area contributed by atoms with Gasteiger partial charge in [0.25, 0.3) is 0 Å². The highest BCUT2D eigenvalue weighted by Crippen LogP contribution is 2.41. The lowest BCUT2D eigenvalue weighted by atomic mass is 9.98. The number of aryl methyl sites for hydroxylation is 1. The van der Waals surface area contributed by atoms with E-state index in [2.05, 4.69) is 17.4 Å². The molecule has 2 N–H and O–H groups in total. The molecule has 2 atom stereocenters. The fourth-order valence-electron chi connectivity index (χ4n) is 3.93. The topological polar surface area (TPSA) is 69.6 Å². The molecule has 2 fully saturated rings. The predicted molar refractivity (Wildman–Crippen MR) is 103 cm³/mol. The Bertz CT molecular complexity index is 592. The molecule has 0 bridgehead atoms. The van der Waals surface area contributed by atoms with Gasteiger partial charge in [0.2, 0.25) is 5.91 Å². The molecular formula is C20H29ClN2O3. The molecule has 144 valence electrons. The summed E-state index contributed by atoms with van der Waals surface area (Å²) < 4.78 is 0. The van der Waals surface area contributed by atoms with Crippen LogP contribution in [0.5, 0.6) is 0 Å². The average Bonchev–Trinajstić information content (AvgIpc) is 3.35. The Balaban J connectivity index is 0.00000243. The molecule has 3 rings (SSSR count). The molecule has 2 aliphatic rings. The van der Waals surface area contributed by atoms with Crippen molar-refractivity contribution in [3.8, 4) is 0 Å². The van der Waals surface area contributed by atoms with Crippen molar-refractivity contribution in [2.24, 2.45) is 11.8 Å². The number of benzene rings is 1. The maximum Gasteiger partial charge on any atom is 0.317 e. The van der Waals surface area contributed by atoms with E-state index in [0.717, 1.165) is 25.8 Å². The summed E-state index contributed by atoms with van der Waals surface area (Å²) in [6.45, 7) is 1.55. The molecule has 26 heavy (non-hydrogen) atoms. The minimum absolute atomic E-state index is 0. The highest BCUT2D eigenvalue weighted by atomic mass is 35.5. The molecule has 1 saturated heterocycles. The first-order chi connectivity index (χ1) is 12.1. The van der Waals surface area contributed by atoms with Crippen LogP contribution in [-0.4, -0.2) is 47.6 Å². The van der Waals surface area contributed by atoms with Gasteiger partial charge in [0.05, 0.1) is 6.54 Å². The van der Waals surface area contributed by atoms with Crippen molar-refractivity contribution in [2.45, 2.75) is 44.6 Å².